The SMILES string of the molecule is Cc1cccc2c1c(=O)n(CCCN)c(=O)n2C. The van der Waals surface area contributed by atoms with Gasteiger partial charge >= 0.3 is 5.69 Å². The van der Waals surface area contributed by atoms with E-state index in [-0.39, 0.29) is 11.2 Å². The van der Waals surface area contributed by atoms with Crippen LogP contribution in [0.1, 0.15) is 12.0 Å². The van der Waals surface area contributed by atoms with Crippen LogP contribution in [-0.2, 0) is 13.6 Å². The predicted octanol–water partition coefficient (Wildman–Crippen LogP) is 0.357. The van der Waals surface area contributed by atoms with Gasteiger partial charge in [-0.2, -0.15) is 0 Å². The van der Waals surface area contributed by atoms with Gasteiger partial charge in [0.2, 0.25) is 0 Å². The minimum absolute atomic E-state index is 0.223. The van der Waals surface area contributed by atoms with E-state index in [9.17, 15) is 9.59 Å². The van der Waals surface area contributed by atoms with E-state index in [4.69, 9.17) is 5.73 Å². The fraction of sp³-hybridized carbons (Fsp3) is 0.385. The van der Waals surface area contributed by atoms with Gasteiger partial charge in [0.25, 0.3) is 5.56 Å². The number of aryl methyl sites for hydroxylation is 2. The van der Waals surface area contributed by atoms with Gasteiger partial charge in [-0.3, -0.25) is 13.9 Å². The smallest absolute Gasteiger partial charge is 0.330 e. The molecule has 0 fully saturated rings. The summed E-state index contributed by atoms with van der Waals surface area (Å²) in [5, 5.41) is 0.608. The van der Waals surface area contributed by atoms with Gasteiger partial charge < -0.3 is 5.73 Å². The molecule has 0 saturated carbocycles. The number of rotatable bonds is 3. The first-order chi connectivity index (χ1) is 8.57. The first-order valence-corrected chi connectivity index (χ1v) is 5.97. The van der Waals surface area contributed by atoms with Crippen LogP contribution in [-0.4, -0.2) is 15.7 Å². The second-order valence-electron chi connectivity index (χ2n) is 4.41. The van der Waals surface area contributed by atoms with Crippen LogP contribution in [0.3, 0.4) is 0 Å². The highest BCUT2D eigenvalue weighted by atomic mass is 16.2. The largest absolute Gasteiger partial charge is 0.331 e. The van der Waals surface area contributed by atoms with Crippen molar-refractivity contribution >= 4 is 10.9 Å². The van der Waals surface area contributed by atoms with E-state index in [1.807, 2.05) is 19.1 Å². The van der Waals surface area contributed by atoms with Crippen molar-refractivity contribution < 1.29 is 0 Å². The van der Waals surface area contributed by atoms with Crippen LogP contribution in [0.2, 0.25) is 0 Å². The van der Waals surface area contributed by atoms with Gasteiger partial charge in [-0.05, 0) is 31.5 Å². The predicted molar refractivity (Wildman–Crippen MR) is 71.9 cm³/mol. The highest BCUT2D eigenvalue weighted by Gasteiger charge is 2.11. The summed E-state index contributed by atoms with van der Waals surface area (Å²) in [6.45, 7) is 2.70. The van der Waals surface area contributed by atoms with Crippen molar-refractivity contribution in [1.29, 1.82) is 0 Å². The molecule has 18 heavy (non-hydrogen) atoms. The van der Waals surface area contributed by atoms with Gasteiger partial charge in [0.1, 0.15) is 0 Å². The lowest BCUT2D eigenvalue weighted by Crippen LogP contribution is -2.39. The number of nitrogens with two attached hydrogens (primary N) is 1. The van der Waals surface area contributed by atoms with Crippen LogP contribution in [0.15, 0.2) is 27.8 Å². The van der Waals surface area contributed by atoms with Crippen LogP contribution >= 0.6 is 0 Å². The van der Waals surface area contributed by atoms with Crippen molar-refractivity contribution in [3.63, 3.8) is 0 Å². The topological polar surface area (TPSA) is 70.0 Å². The molecule has 0 bridgehead atoms. The van der Waals surface area contributed by atoms with E-state index >= 15 is 0 Å². The van der Waals surface area contributed by atoms with Gasteiger partial charge in [-0.1, -0.05) is 12.1 Å². The standard InChI is InChI=1S/C13H17N3O2/c1-9-5-3-6-10-11(9)12(17)16(8-4-7-14)13(18)15(10)2/h3,5-6H,4,7-8,14H2,1-2H3. The summed E-state index contributed by atoms with van der Waals surface area (Å²) in [5.74, 6) is 0. The molecule has 0 saturated heterocycles. The van der Waals surface area contributed by atoms with E-state index < -0.39 is 0 Å². The lowest BCUT2D eigenvalue weighted by atomic mass is 10.1. The molecule has 0 aliphatic carbocycles. The fourth-order valence-corrected chi connectivity index (χ4v) is 2.16. The van der Waals surface area contributed by atoms with Gasteiger partial charge in [-0.15, -0.1) is 0 Å². The Hall–Kier alpha value is -1.88. The van der Waals surface area contributed by atoms with E-state index in [2.05, 4.69) is 0 Å². The molecular weight excluding hydrogens is 230 g/mol. The molecule has 5 nitrogen and oxygen atoms in total. The van der Waals surface area contributed by atoms with Gasteiger partial charge in [0, 0.05) is 13.6 Å². The van der Waals surface area contributed by atoms with Gasteiger partial charge in [-0.25, -0.2) is 4.79 Å². The zero-order chi connectivity index (χ0) is 13.3. The van der Waals surface area contributed by atoms with Crippen molar-refractivity contribution in [3.8, 4) is 0 Å². The molecule has 5 heteroatoms. The molecule has 2 aromatic rings. The molecular formula is C13H17N3O2. The summed E-state index contributed by atoms with van der Waals surface area (Å²) in [6.07, 6.45) is 0.618. The Morgan fingerprint density at radius 2 is 2.00 bits per heavy atom. The molecule has 1 heterocycles. The van der Waals surface area contributed by atoms with E-state index in [1.54, 1.807) is 13.1 Å². The molecule has 0 aliphatic heterocycles. The molecule has 2 rings (SSSR count). The van der Waals surface area contributed by atoms with E-state index in [0.717, 1.165) is 5.56 Å². The summed E-state index contributed by atoms with van der Waals surface area (Å²) in [4.78, 5) is 24.4. The quantitative estimate of drug-likeness (QED) is 0.851. The summed E-state index contributed by atoms with van der Waals surface area (Å²) < 4.78 is 2.78. The number of hydrogen-bond acceptors (Lipinski definition) is 3. The Bertz CT molecular complexity index is 698. The molecule has 1 aromatic carbocycles. The normalized spacial score (nSPS) is 11.1. The third-order valence-corrected chi connectivity index (χ3v) is 3.17. The van der Waals surface area contributed by atoms with Crippen molar-refractivity contribution in [2.24, 2.45) is 12.8 Å². The molecule has 0 amide bonds. The van der Waals surface area contributed by atoms with Crippen molar-refractivity contribution in [2.75, 3.05) is 6.54 Å². The molecule has 0 atom stereocenters. The second kappa shape index (κ2) is 4.78. The number of aromatic nitrogens is 2. The Labute approximate surface area is 104 Å². The van der Waals surface area contributed by atoms with E-state index in [1.165, 1.54) is 9.13 Å². The Morgan fingerprint density at radius 3 is 2.67 bits per heavy atom. The minimum atomic E-state index is -0.286. The van der Waals surface area contributed by atoms with Crippen molar-refractivity contribution in [2.45, 2.75) is 19.9 Å². The zero-order valence-corrected chi connectivity index (χ0v) is 10.6. The summed E-state index contributed by atoms with van der Waals surface area (Å²) >= 11 is 0. The first-order valence-electron chi connectivity index (χ1n) is 5.97. The average molecular weight is 247 g/mol. The zero-order valence-electron chi connectivity index (χ0n) is 10.6. The Morgan fingerprint density at radius 1 is 1.28 bits per heavy atom. The molecule has 96 valence electrons. The third kappa shape index (κ3) is 1.86. The maximum absolute atomic E-state index is 12.3. The Kier molecular flexibility index (Phi) is 3.34. The van der Waals surface area contributed by atoms with Gasteiger partial charge in [0.15, 0.2) is 0 Å². The maximum Gasteiger partial charge on any atom is 0.331 e. The van der Waals surface area contributed by atoms with Crippen LogP contribution in [0.5, 0.6) is 0 Å². The van der Waals surface area contributed by atoms with Crippen molar-refractivity contribution in [3.05, 3.63) is 44.6 Å². The molecule has 0 aliphatic rings. The maximum atomic E-state index is 12.3. The molecule has 0 spiro atoms. The lowest BCUT2D eigenvalue weighted by molar-refractivity contribution is 0.579. The van der Waals surface area contributed by atoms with Crippen molar-refractivity contribution in [1.82, 2.24) is 9.13 Å². The Balaban J connectivity index is 2.86. The highest BCUT2D eigenvalue weighted by Crippen LogP contribution is 2.11. The minimum Gasteiger partial charge on any atom is -0.330 e. The highest BCUT2D eigenvalue weighted by molar-refractivity contribution is 5.81. The summed E-state index contributed by atoms with van der Waals surface area (Å²) in [5.41, 5.74) is 6.48. The van der Waals surface area contributed by atoms with Gasteiger partial charge in [0.05, 0.1) is 10.9 Å². The molecule has 0 radical (unpaired) electrons. The molecule has 1 aromatic heterocycles. The molecule has 2 N–H and O–H groups in total. The van der Waals surface area contributed by atoms with Crippen LogP contribution in [0.4, 0.5) is 0 Å². The number of fused-ring (bicyclic) bond motifs is 1. The summed E-state index contributed by atoms with van der Waals surface area (Å²) in [6, 6.07) is 5.51. The third-order valence-electron chi connectivity index (χ3n) is 3.17. The van der Waals surface area contributed by atoms with E-state index in [0.29, 0.717) is 30.4 Å². The number of benzene rings is 1. The second-order valence-corrected chi connectivity index (χ2v) is 4.41. The monoisotopic (exact) mass is 247 g/mol. The first kappa shape index (κ1) is 12.6. The number of nitrogens with zero attached hydrogens (tertiary/aromatic N) is 2. The molecule has 0 unspecified atom stereocenters. The van der Waals surface area contributed by atoms with Crippen LogP contribution < -0.4 is 17.0 Å². The summed E-state index contributed by atoms with van der Waals surface area (Å²) in [7, 11) is 1.68. The lowest BCUT2D eigenvalue weighted by Gasteiger charge is -2.11. The fourth-order valence-electron chi connectivity index (χ4n) is 2.16. The van der Waals surface area contributed by atoms with Crippen LogP contribution in [0.25, 0.3) is 10.9 Å². The number of hydrogen-bond donors (Lipinski definition) is 1. The average Bonchev–Trinajstić information content (AvgIpc) is 2.36. The van der Waals surface area contributed by atoms with Crippen LogP contribution in [0, 0.1) is 6.92 Å².